The number of anilines is 1. The van der Waals surface area contributed by atoms with E-state index in [1.165, 1.54) is 0 Å². The highest BCUT2D eigenvalue weighted by atomic mass is 16.5. The number of hydrogen-bond donors (Lipinski definition) is 0. The van der Waals surface area contributed by atoms with Crippen LogP contribution < -0.4 is 14.4 Å². The molecule has 0 radical (unpaired) electrons. The van der Waals surface area contributed by atoms with E-state index in [-0.39, 0.29) is 18.5 Å². The Balaban J connectivity index is 1.53. The number of aromatic nitrogens is 4. The molecule has 0 unspecified atom stereocenters. The predicted molar refractivity (Wildman–Crippen MR) is 89.6 cm³/mol. The Labute approximate surface area is 145 Å². The third kappa shape index (κ3) is 4.31. The highest BCUT2D eigenvalue weighted by Gasteiger charge is 2.23. The van der Waals surface area contributed by atoms with Crippen LogP contribution in [0.25, 0.3) is 0 Å². The summed E-state index contributed by atoms with van der Waals surface area (Å²) in [6.07, 6.45) is 3.15. The summed E-state index contributed by atoms with van der Waals surface area (Å²) in [5.41, 5.74) is 0. The molecule has 0 aromatic carbocycles. The minimum absolute atomic E-state index is 0.0650. The first-order valence-corrected chi connectivity index (χ1v) is 7.98. The van der Waals surface area contributed by atoms with Gasteiger partial charge in [0, 0.05) is 44.6 Å². The molecule has 0 aliphatic carbocycles. The number of methoxy groups -OCH3 is 1. The minimum Gasteiger partial charge on any atom is -0.481 e. The van der Waals surface area contributed by atoms with Gasteiger partial charge in [-0.2, -0.15) is 4.98 Å². The Kier molecular flexibility index (Phi) is 5.22. The molecule has 1 aliphatic heterocycles. The molecule has 1 amide bonds. The molecule has 3 rings (SSSR count). The van der Waals surface area contributed by atoms with E-state index in [1.54, 1.807) is 36.5 Å². The molecule has 0 N–H and O–H groups in total. The van der Waals surface area contributed by atoms with Crippen molar-refractivity contribution in [3.05, 3.63) is 30.4 Å². The first-order chi connectivity index (χ1) is 12.2. The van der Waals surface area contributed by atoms with E-state index >= 15 is 0 Å². The molecule has 3 heterocycles. The van der Waals surface area contributed by atoms with Gasteiger partial charge < -0.3 is 19.3 Å². The van der Waals surface area contributed by atoms with E-state index in [2.05, 4.69) is 24.8 Å². The van der Waals surface area contributed by atoms with Crippen LogP contribution in [0.3, 0.4) is 0 Å². The number of rotatable bonds is 5. The van der Waals surface area contributed by atoms with Gasteiger partial charge in [-0.3, -0.25) is 4.79 Å². The van der Waals surface area contributed by atoms with Gasteiger partial charge in [0.1, 0.15) is 11.6 Å². The largest absolute Gasteiger partial charge is 0.481 e. The molecule has 9 heteroatoms. The number of piperazine rings is 1. The Morgan fingerprint density at radius 2 is 1.88 bits per heavy atom. The molecule has 1 fully saturated rings. The molecule has 1 saturated heterocycles. The smallest absolute Gasteiger partial charge is 0.316 e. The van der Waals surface area contributed by atoms with Gasteiger partial charge >= 0.3 is 6.01 Å². The number of hydrogen-bond acceptors (Lipinski definition) is 8. The zero-order valence-corrected chi connectivity index (χ0v) is 14.3. The Hall–Kier alpha value is -2.97. The predicted octanol–water partition coefficient (Wildman–Crippen LogP) is 0.311. The summed E-state index contributed by atoms with van der Waals surface area (Å²) in [7, 11) is 1.58. The van der Waals surface area contributed by atoms with Gasteiger partial charge in [-0.1, -0.05) is 0 Å². The summed E-state index contributed by atoms with van der Waals surface area (Å²) < 4.78 is 10.5. The van der Waals surface area contributed by atoms with Crippen LogP contribution in [-0.4, -0.2) is 70.6 Å². The molecule has 1 aliphatic rings. The fourth-order valence-electron chi connectivity index (χ4n) is 2.55. The van der Waals surface area contributed by atoms with Crippen LogP contribution in [0.5, 0.6) is 11.9 Å². The third-order valence-electron chi connectivity index (χ3n) is 3.83. The molecule has 9 nitrogen and oxygen atoms in total. The average Bonchev–Trinajstić information content (AvgIpc) is 2.66. The standard InChI is InChI=1S/C16H20N6O3/c1-12-19-13(10-14(20-12)24-2)21-6-8-22(9-7-21)15(23)11-25-16-17-4-3-5-18-16/h3-5,10H,6-9,11H2,1-2H3. The molecule has 2 aromatic rings. The van der Waals surface area contributed by atoms with Crippen molar-refractivity contribution in [2.24, 2.45) is 0 Å². The van der Waals surface area contributed by atoms with Crippen LogP contribution in [0.2, 0.25) is 0 Å². The molecule has 0 bridgehead atoms. The highest BCUT2D eigenvalue weighted by Crippen LogP contribution is 2.18. The summed E-state index contributed by atoms with van der Waals surface area (Å²) in [5, 5.41) is 0. The first-order valence-electron chi connectivity index (χ1n) is 7.98. The van der Waals surface area contributed by atoms with Crippen LogP contribution >= 0.6 is 0 Å². The summed E-state index contributed by atoms with van der Waals surface area (Å²) >= 11 is 0. The minimum atomic E-state index is -0.0800. The Morgan fingerprint density at radius 3 is 2.56 bits per heavy atom. The van der Waals surface area contributed by atoms with Gasteiger partial charge in [-0.25, -0.2) is 15.0 Å². The van der Waals surface area contributed by atoms with Crippen molar-refractivity contribution in [3.8, 4) is 11.9 Å². The van der Waals surface area contributed by atoms with Gasteiger partial charge in [0.2, 0.25) is 5.88 Å². The fraction of sp³-hybridized carbons (Fsp3) is 0.438. The second kappa shape index (κ2) is 7.73. The molecule has 25 heavy (non-hydrogen) atoms. The van der Waals surface area contributed by atoms with Crippen LogP contribution in [0.4, 0.5) is 5.82 Å². The Bertz CT molecular complexity index is 719. The van der Waals surface area contributed by atoms with Crippen molar-refractivity contribution in [3.63, 3.8) is 0 Å². The number of ether oxygens (including phenoxy) is 2. The van der Waals surface area contributed by atoms with Crippen molar-refractivity contribution in [1.29, 1.82) is 0 Å². The van der Waals surface area contributed by atoms with Gasteiger partial charge in [-0.15, -0.1) is 0 Å². The van der Waals surface area contributed by atoms with E-state index in [0.29, 0.717) is 37.9 Å². The lowest BCUT2D eigenvalue weighted by Gasteiger charge is -2.35. The average molecular weight is 344 g/mol. The van der Waals surface area contributed by atoms with E-state index in [9.17, 15) is 4.79 Å². The van der Waals surface area contributed by atoms with Gasteiger partial charge in [0.25, 0.3) is 5.91 Å². The Morgan fingerprint density at radius 1 is 1.16 bits per heavy atom. The quantitative estimate of drug-likeness (QED) is 0.765. The van der Waals surface area contributed by atoms with Crippen molar-refractivity contribution in [2.75, 3.05) is 44.8 Å². The summed E-state index contributed by atoms with van der Waals surface area (Å²) in [5.74, 6) is 1.93. The monoisotopic (exact) mass is 344 g/mol. The van der Waals surface area contributed by atoms with Crippen molar-refractivity contribution >= 4 is 11.7 Å². The molecular formula is C16H20N6O3. The van der Waals surface area contributed by atoms with Gasteiger partial charge in [0.05, 0.1) is 7.11 Å². The number of carbonyl (C=O) groups is 1. The number of aryl methyl sites for hydroxylation is 1. The van der Waals surface area contributed by atoms with Crippen molar-refractivity contribution in [2.45, 2.75) is 6.92 Å². The highest BCUT2D eigenvalue weighted by molar-refractivity contribution is 5.78. The van der Waals surface area contributed by atoms with E-state index in [4.69, 9.17) is 9.47 Å². The van der Waals surface area contributed by atoms with Gasteiger partial charge in [0.15, 0.2) is 6.61 Å². The summed E-state index contributed by atoms with van der Waals surface area (Å²) in [6, 6.07) is 3.70. The molecule has 0 saturated carbocycles. The fourth-order valence-corrected chi connectivity index (χ4v) is 2.55. The van der Waals surface area contributed by atoms with E-state index in [1.807, 2.05) is 6.92 Å². The number of amides is 1. The topological polar surface area (TPSA) is 93.6 Å². The lowest BCUT2D eigenvalue weighted by molar-refractivity contribution is -0.133. The lowest BCUT2D eigenvalue weighted by atomic mass is 10.3. The molecule has 2 aromatic heterocycles. The number of nitrogens with zero attached hydrogens (tertiary/aromatic N) is 6. The zero-order valence-electron chi connectivity index (χ0n) is 14.3. The second-order valence-electron chi connectivity index (χ2n) is 5.50. The maximum Gasteiger partial charge on any atom is 0.316 e. The van der Waals surface area contributed by atoms with Crippen LogP contribution in [0.15, 0.2) is 24.5 Å². The molecule has 0 atom stereocenters. The molecule has 0 spiro atoms. The third-order valence-corrected chi connectivity index (χ3v) is 3.83. The zero-order chi connectivity index (χ0) is 17.6. The summed E-state index contributed by atoms with van der Waals surface area (Å²) in [6.45, 7) is 4.34. The molecule has 132 valence electrons. The van der Waals surface area contributed by atoms with Crippen LogP contribution in [0, 0.1) is 6.92 Å². The molecular weight excluding hydrogens is 324 g/mol. The van der Waals surface area contributed by atoms with E-state index in [0.717, 1.165) is 5.82 Å². The maximum absolute atomic E-state index is 12.3. The normalized spacial score (nSPS) is 14.3. The van der Waals surface area contributed by atoms with Crippen molar-refractivity contribution in [1.82, 2.24) is 24.8 Å². The van der Waals surface area contributed by atoms with Crippen LogP contribution in [-0.2, 0) is 4.79 Å². The van der Waals surface area contributed by atoms with Crippen LogP contribution in [0.1, 0.15) is 5.82 Å². The SMILES string of the molecule is COc1cc(N2CCN(C(=O)COc3ncccn3)CC2)nc(C)n1. The maximum atomic E-state index is 12.3. The lowest BCUT2D eigenvalue weighted by Crippen LogP contribution is -2.50. The van der Waals surface area contributed by atoms with E-state index < -0.39 is 0 Å². The van der Waals surface area contributed by atoms with Crippen molar-refractivity contribution < 1.29 is 14.3 Å². The second-order valence-corrected chi connectivity index (χ2v) is 5.50. The van der Waals surface area contributed by atoms with Gasteiger partial charge in [-0.05, 0) is 13.0 Å². The number of carbonyl (C=O) groups excluding carboxylic acids is 1. The summed E-state index contributed by atoms with van der Waals surface area (Å²) in [4.78, 5) is 32.6. The first kappa shape index (κ1) is 16.9.